The van der Waals surface area contributed by atoms with Gasteiger partial charge in [0.2, 0.25) is 0 Å². The molecule has 3 heteroatoms. The van der Waals surface area contributed by atoms with Crippen molar-refractivity contribution >= 4 is 0 Å². The maximum Gasteiger partial charge on any atom is 0.0700 e. The second-order valence-corrected chi connectivity index (χ2v) is 5.33. The molecule has 0 bridgehead atoms. The van der Waals surface area contributed by atoms with Crippen molar-refractivity contribution in [3.63, 3.8) is 0 Å². The molecule has 0 amide bonds. The van der Waals surface area contributed by atoms with Crippen LogP contribution in [0.1, 0.15) is 64.7 Å². The first-order chi connectivity index (χ1) is 10.4. The van der Waals surface area contributed by atoms with E-state index in [4.69, 9.17) is 14.2 Å². The van der Waals surface area contributed by atoms with Crippen molar-refractivity contribution in [1.29, 1.82) is 0 Å². The normalized spacial score (nSPS) is 10.9. The molecule has 0 aromatic carbocycles. The van der Waals surface area contributed by atoms with Crippen molar-refractivity contribution in [1.82, 2.24) is 0 Å². The highest BCUT2D eigenvalue weighted by molar-refractivity contribution is 4.65. The van der Waals surface area contributed by atoms with Crippen molar-refractivity contribution in [2.24, 2.45) is 0 Å². The zero-order valence-electron chi connectivity index (χ0n) is 14.1. The van der Waals surface area contributed by atoms with Gasteiger partial charge in [-0.05, 0) is 32.6 Å². The summed E-state index contributed by atoms with van der Waals surface area (Å²) in [5.41, 5.74) is 0. The highest BCUT2D eigenvalue weighted by Gasteiger charge is 1.93. The van der Waals surface area contributed by atoms with Gasteiger partial charge in [0, 0.05) is 26.4 Å². The van der Waals surface area contributed by atoms with E-state index in [9.17, 15) is 0 Å². The van der Waals surface area contributed by atoms with Crippen molar-refractivity contribution < 1.29 is 14.2 Å². The van der Waals surface area contributed by atoms with Gasteiger partial charge >= 0.3 is 0 Å². The van der Waals surface area contributed by atoms with Gasteiger partial charge < -0.3 is 14.2 Å². The third-order valence-corrected chi connectivity index (χ3v) is 3.35. The third-order valence-electron chi connectivity index (χ3n) is 3.35. The van der Waals surface area contributed by atoms with E-state index in [-0.39, 0.29) is 0 Å². The second kappa shape index (κ2) is 19.6. The molecule has 0 aliphatic carbocycles. The fourth-order valence-corrected chi connectivity index (χ4v) is 2.11. The Bertz CT molecular complexity index is 195. The third kappa shape index (κ3) is 19.6. The molecule has 0 aliphatic heterocycles. The fourth-order valence-electron chi connectivity index (χ4n) is 2.11. The zero-order valence-corrected chi connectivity index (χ0v) is 14.1. The van der Waals surface area contributed by atoms with Gasteiger partial charge in [0.1, 0.15) is 0 Å². The lowest BCUT2D eigenvalue weighted by atomic mass is 10.1. The van der Waals surface area contributed by atoms with E-state index >= 15 is 0 Å². The molecule has 126 valence electrons. The molecule has 0 aromatic rings. The summed E-state index contributed by atoms with van der Waals surface area (Å²) in [5.74, 6) is 0. The molecule has 0 fully saturated rings. The average molecular weight is 300 g/mol. The molecule has 0 heterocycles. The van der Waals surface area contributed by atoms with Crippen molar-refractivity contribution in [2.75, 3.05) is 39.6 Å². The first kappa shape index (κ1) is 20.6. The van der Waals surface area contributed by atoms with Crippen molar-refractivity contribution in [2.45, 2.75) is 64.7 Å². The van der Waals surface area contributed by atoms with Crippen LogP contribution in [0.2, 0.25) is 0 Å². The lowest BCUT2D eigenvalue weighted by Crippen LogP contribution is -2.07. The van der Waals surface area contributed by atoms with Gasteiger partial charge in [0.15, 0.2) is 0 Å². The van der Waals surface area contributed by atoms with Gasteiger partial charge in [0.25, 0.3) is 0 Å². The molecule has 0 saturated heterocycles. The molecule has 0 saturated carbocycles. The maximum absolute atomic E-state index is 5.60. The predicted octanol–water partition coefficient (Wildman–Crippen LogP) is 4.75. The van der Waals surface area contributed by atoms with E-state index in [0.29, 0.717) is 13.2 Å². The molecule has 0 N–H and O–H groups in total. The zero-order chi connectivity index (χ0) is 15.4. The number of hydrogen-bond acceptors (Lipinski definition) is 3. The molecule has 3 nitrogen and oxygen atoms in total. The van der Waals surface area contributed by atoms with Gasteiger partial charge in [0.05, 0.1) is 13.2 Å². The molecule has 0 rings (SSSR count). The van der Waals surface area contributed by atoms with Crippen LogP contribution in [-0.4, -0.2) is 39.6 Å². The van der Waals surface area contributed by atoms with Crippen LogP contribution in [0.25, 0.3) is 0 Å². The van der Waals surface area contributed by atoms with Crippen LogP contribution in [0.4, 0.5) is 0 Å². The topological polar surface area (TPSA) is 27.7 Å². The van der Waals surface area contributed by atoms with E-state index in [0.717, 1.165) is 32.8 Å². The number of rotatable bonds is 18. The monoisotopic (exact) mass is 300 g/mol. The van der Waals surface area contributed by atoms with Gasteiger partial charge in [-0.25, -0.2) is 0 Å². The van der Waals surface area contributed by atoms with Crippen LogP contribution in [0.3, 0.4) is 0 Å². The average Bonchev–Trinajstić information content (AvgIpc) is 2.50. The summed E-state index contributed by atoms with van der Waals surface area (Å²) in [6.07, 6.45) is 13.4. The SMILES string of the molecule is C=CCCCCCCCCCOCCCOCCOCC. The van der Waals surface area contributed by atoms with Gasteiger partial charge in [-0.15, -0.1) is 6.58 Å². The summed E-state index contributed by atoms with van der Waals surface area (Å²) < 4.78 is 16.2. The van der Waals surface area contributed by atoms with Crippen LogP contribution in [0.15, 0.2) is 12.7 Å². The van der Waals surface area contributed by atoms with E-state index in [1.807, 2.05) is 13.0 Å². The Hall–Kier alpha value is -0.380. The standard InChI is InChI=1S/C18H36O3/c1-3-5-6-7-8-9-10-11-12-14-20-15-13-16-21-18-17-19-4-2/h3H,1,4-18H2,2H3. The smallest absolute Gasteiger partial charge is 0.0700 e. The summed E-state index contributed by atoms with van der Waals surface area (Å²) in [6, 6.07) is 0. The van der Waals surface area contributed by atoms with E-state index in [2.05, 4.69) is 6.58 Å². The molecular formula is C18H36O3. The Kier molecular flexibility index (Phi) is 19.3. The molecule has 0 radical (unpaired) electrons. The Labute approximate surface area is 132 Å². The first-order valence-corrected chi connectivity index (χ1v) is 8.76. The predicted molar refractivity (Wildman–Crippen MR) is 89.9 cm³/mol. The first-order valence-electron chi connectivity index (χ1n) is 8.76. The summed E-state index contributed by atoms with van der Waals surface area (Å²) >= 11 is 0. The summed E-state index contributed by atoms with van der Waals surface area (Å²) in [5, 5.41) is 0. The van der Waals surface area contributed by atoms with Crippen LogP contribution >= 0.6 is 0 Å². The second-order valence-electron chi connectivity index (χ2n) is 5.33. The summed E-state index contributed by atoms with van der Waals surface area (Å²) in [6.45, 7) is 10.4. The quantitative estimate of drug-likeness (QED) is 0.270. The van der Waals surface area contributed by atoms with Crippen LogP contribution < -0.4 is 0 Å². The molecule has 21 heavy (non-hydrogen) atoms. The molecule has 0 atom stereocenters. The van der Waals surface area contributed by atoms with Crippen LogP contribution in [0.5, 0.6) is 0 Å². The number of ether oxygens (including phenoxy) is 3. The summed E-state index contributed by atoms with van der Waals surface area (Å²) in [4.78, 5) is 0. The number of hydrogen-bond donors (Lipinski definition) is 0. The molecular weight excluding hydrogens is 264 g/mol. The Balaban J connectivity index is 2.91. The highest BCUT2D eigenvalue weighted by Crippen LogP contribution is 2.08. The Morgan fingerprint density at radius 3 is 1.81 bits per heavy atom. The molecule has 0 unspecified atom stereocenters. The highest BCUT2D eigenvalue weighted by atomic mass is 16.5. The van der Waals surface area contributed by atoms with Crippen molar-refractivity contribution in [3.05, 3.63) is 12.7 Å². The largest absolute Gasteiger partial charge is 0.381 e. The Morgan fingerprint density at radius 2 is 1.14 bits per heavy atom. The summed E-state index contributed by atoms with van der Waals surface area (Å²) in [7, 11) is 0. The molecule has 0 spiro atoms. The van der Waals surface area contributed by atoms with E-state index in [1.54, 1.807) is 0 Å². The van der Waals surface area contributed by atoms with Gasteiger partial charge in [-0.2, -0.15) is 0 Å². The van der Waals surface area contributed by atoms with E-state index in [1.165, 1.54) is 51.4 Å². The number of unbranched alkanes of at least 4 members (excludes halogenated alkanes) is 7. The van der Waals surface area contributed by atoms with E-state index < -0.39 is 0 Å². The molecule has 0 aromatic heterocycles. The lowest BCUT2D eigenvalue weighted by molar-refractivity contribution is 0.0389. The molecule has 0 aliphatic rings. The Morgan fingerprint density at radius 1 is 0.619 bits per heavy atom. The van der Waals surface area contributed by atoms with Gasteiger partial charge in [-0.1, -0.05) is 38.2 Å². The maximum atomic E-state index is 5.60. The van der Waals surface area contributed by atoms with Crippen molar-refractivity contribution in [3.8, 4) is 0 Å². The fraction of sp³-hybridized carbons (Fsp3) is 0.889. The lowest BCUT2D eigenvalue weighted by Gasteiger charge is -2.06. The minimum absolute atomic E-state index is 0.695. The minimum Gasteiger partial charge on any atom is -0.381 e. The van der Waals surface area contributed by atoms with Crippen LogP contribution in [0, 0.1) is 0 Å². The minimum atomic E-state index is 0.695. The van der Waals surface area contributed by atoms with Crippen LogP contribution in [-0.2, 0) is 14.2 Å². The number of allylic oxidation sites excluding steroid dienone is 1. The van der Waals surface area contributed by atoms with Gasteiger partial charge in [-0.3, -0.25) is 0 Å².